The molecule has 3 rings (SSSR count). The van der Waals surface area contributed by atoms with Crippen molar-refractivity contribution in [3.8, 4) is 23.8 Å². The fourth-order valence-corrected chi connectivity index (χ4v) is 2.36. The Bertz CT molecular complexity index is 1380. The Labute approximate surface area is 181 Å². The number of halogens is 1. The van der Waals surface area contributed by atoms with Crippen LogP contribution in [0.4, 0.5) is 17.5 Å². The lowest BCUT2D eigenvalue weighted by Crippen LogP contribution is -2.04. The zero-order chi connectivity index (χ0) is 27.0. The van der Waals surface area contributed by atoms with Crippen LogP contribution < -0.4 is 15.8 Å². The van der Waals surface area contributed by atoms with Crippen LogP contribution in [0.25, 0.3) is 0 Å². The molecule has 138 valence electrons. The zero-order valence-corrected chi connectivity index (χ0v) is 15.5. The highest BCUT2D eigenvalue weighted by atomic mass is 79.9. The Hall–Kier alpha value is -3.62. The molecule has 0 saturated carbocycles. The number of rotatable bonds is 4. The molecule has 0 bridgehead atoms. The first-order valence-corrected chi connectivity index (χ1v) is 8.33. The monoisotopic (exact) mass is 442 g/mol. The fourth-order valence-electron chi connectivity index (χ4n) is 2.10. The number of hydrogen-bond donors (Lipinski definition) is 2. The molecule has 7 nitrogen and oxygen atoms in total. The lowest BCUT2D eigenvalue weighted by molar-refractivity contribution is 0.453. The van der Waals surface area contributed by atoms with E-state index in [9.17, 15) is 5.26 Å². The van der Waals surface area contributed by atoms with Gasteiger partial charge in [0.15, 0.2) is 0 Å². The van der Waals surface area contributed by atoms with Crippen LogP contribution in [0.15, 0.2) is 40.8 Å². The number of nitrogens with zero attached hydrogens (tertiary/aromatic N) is 4. The van der Waals surface area contributed by atoms with Crippen molar-refractivity contribution in [2.24, 2.45) is 0 Å². The normalized spacial score (nSPS) is 15.1. The van der Waals surface area contributed by atoms with Crippen LogP contribution in [0.3, 0.4) is 0 Å². The maximum atomic E-state index is 9.27. The predicted molar refractivity (Wildman–Crippen MR) is 109 cm³/mol. The Morgan fingerprint density at radius 2 is 1.79 bits per heavy atom. The summed E-state index contributed by atoms with van der Waals surface area (Å²) in [6.07, 6.45) is 0. The Balaban J connectivity index is 2.18. The summed E-state index contributed by atoms with van der Waals surface area (Å²) >= 11 is 3.14. The summed E-state index contributed by atoms with van der Waals surface area (Å²) in [5, 5.41) is 20.9. The van der Waals surface area contributed by atoms with Crippen molar-refractivity contribution in [1.29, 1.82) is 10.5 Å². The number of hydrogen-bond acceptors (Lipinski definition) is 7. The molecular weight excluding hydrogens is 420 g/mol. The van der Waals surface area contributed by atoms with Gasteiger partial charge in [0.1, 0.15) is 16.0 Å². The number of nitrogen functional groups attached to an aromatic ring is 1. The third-order valence-corrected chi connectivity index (χ3v) is 4.12. The summed E-state index contributed by atoms with van der Waals surface area (Å²) in [4.78, 5) is 8.10. The van der Waals surface area contributed by atoms with E-state index in [1.54, 1.807) is 6.07 Å². The third-order valence-electron chi connectivity index (χ3n) is 3.37. The van der Waals surface area contributed by atoms with Crippen LogP contribution in [0.5, 0.6) is 11.6 Å². The van der Waals surface area contributed by atoms with Crippen LogP contribution >= 0.6 is 15.9 Å². The van der Waals surface area contributed by atoms with Crippen molar-refractivity contribution in [3.63, 3.8) is 0 Å². The first kappa shape index (κ1) is 11.3. The molecule has 8 heteroatoms. The van der Waals surface area contributed by atoms with E-state index < -0.39 is 30.6 Å². The highest BCUT2D eigenvalue weighted by Crippen LogP contribution is 2.36. The third kappa shape index (κ3) is 4.03. The lowest BCUT2D eigenvalue weighted by Gasteiger charge is -2.14. The molecule has 0 unspecified atom stereocenters. The van der Waals surface area contributed by atoms with Crippen LogP contribution in [-0.4, -0.2) is 9.97 Å². The first-order chi connectivity index (χ1) is 16.6. The van der Waals surface area contributed by atoms with Gasteiger partial charge < -0.3 is 15.8 Å². The van der Waals surface area contributed by atoms with E-state index in [2.05, 4.69) is 31.2 Å². The molecule has 0 spiro atoms. The van der Waals surface area contributed by atoms with Crippen molar-refractivity contribution in [2.45, 2.75) is 13.7 Å². The summed E-state index contributed by atoms with van der Waals surface area (Å²) < 4.78 is 68.8. The van der Waals surface area contributed by atoms with Gasteiger partial charge in [-0.1, -0.05) is 0 Å². The second-order valence-electron chi connectivity index (χ2n) is 5.31. The van der Waals surface area contributed by atoms with E-state index in [1.807, 2.05) is 6.07 Å². The molecule has 3 N–H and O–H groups in total. The minimum absolute atomic E-state index is 0.0255. The minimum Gasteiger partial charge on any atom is -0.437 e. The largest absolute Gasteiger partial charge is 0.437 e. The van der Waals surface area contributed by atoms with Crippen molar-refractivity contribution in [1.82, 2.24) is 9.97 Å². The highest BCUT2D eigenvalue weighted by molar-refractivity contribution is 9.10. The Morgan fingerprint density at radius 1 is 1.14 bits per heavy atom. The molecule has 0 atom stereocenters. The second-order valence-corrected chi connectivity index (χ2v) is 6.10. The number of aryl methyl sites for hydroxylation is 2. The maximum absolute atomic E-state index is 9.27. The summed E-state index contributed by atoms with van der Waals surface area (Å²) in [5.74, 6) is -1.36. The molecule has 1 aromatic heterocycles. The molecule has 0 aliphatic rings. The number of anilines is 3. The lowest BCUT2D eigenvalue weighted by atomic mass is 10.1. The quantitative estimate of drug-likeness (QED) is 0.599. The summed E-state index contributed by atoms with van der Waals surface area (Å²) in [5.41, 5.74) is 4.74. The van der Waals surface area contributed by atoms with Gasteiger partial charge >= 0.3 is 0 Å². The number of nitrogens with two attached hydrogens (primary N) is 1. The Morgan fingerprint density at radius 3 is 2.36 bits per heavy atom. The van der Waals surface area contributed by atoms with Crippen LogP contribution in [0, 0.1) is 36.4 Å². The summed E-state index contributed by atoms with van der Waals surface area (Å²) in [7, 11) is 0. The maximum Gasteiger partial charge on any atom is 0.240 e. The van der Waals surface area contributed by atoms with Gasteiger partial charge in [-0.3, -0.25) is 0 Å². The molecule has 1 heterocycles. The molecule has 2 aromatic carbocycles. The van der Waals surface area contributed by atoms with Crippen molar-refractivity contribution in [3.05, 3.63) is 63.1 Å². The van der Waals surface area contributed by atoms with Crippen LogP contribution in [-0.2, 0) is 0 Å². The van der Waals surface area contributed by atoms with Gasteiger partial charge in [-0.05, 0) is 77.1 Å². The molecule has 0 fully saturated rings. The van der Waals surface area contributed by atoms with Gasteiger partial charge in [0.05, 0.1) is 26.0 Å². The van der Waals surface area contributed by atoms with E-state index in [1.165, 1.54) is 12.1 Å². The standard InChI is InChI=1S/C20H15BrN6O/c1-11-7-14(10-23)8-12(2)17(11)28-19-16(21)18(24)26-20(27-19)25-15-5-3-13(9-22)4-6-15/h3-8H,1-2H3,(H3,24,25,26,27)/i1D3,2D3,5D,6D. The minimum atomic E-state index is -2.85. The molecule has 3 aromatic rings. The van der Waals surface area contributed by atoms with Crippen molar-refractivity contribution < 1.29 is 15.7 Å². The predicted octanol–water partition coefficient (Wildman–Crippen LogP) is 4.72. The zero-order valence-electron chi connectivity index (χ0n) is 22.0. The molecule has 0 amide bonds. The molecule has 0 radical (unpaired) electrons. The molecular formula is C20H15BrN6O. The number of nitriles is 2. The number of benzene rings is 2. The Kier molecular flexibility index (Phi) is 3.20. The van der Waals surface area contributed by atoms with Gasteiger partial charge in [-0.2, -0.15) is 20.5 Å². The number of ether oxygens (including phenoxy) is 1. The summed E-state index contributed by atoms with van der Waals surface area (Å²) in [6, 6.07) is 7.64. The molecule has 0 aliphatic carbocycles. The van der Waals surface area contributed by atoms with Gasteiger partial charge in [0, 0.05) is 13.9 Å². The smallest absolute Gasteiger partial charge is 0.240 e. The van der Waals surface area contributed by atoms with E-state index in [0.717, 1.165) is 12.1 Å². The van der Waals surface area contributed by atoms with Gasteiger partial charge in [0.2, 0.25) is 11.8 Å². The highest BCUT2D eigenvalue weighted by Gasteiger charge is 2.16. The topological polar surface area (TPSA) is 121 Å². The fraction of sp³-hybridized carbons (Fsp3) is 0.100. The first-order valence-electron chi connectivity index (χ1n) is 11.5. The van der Waals surface area contributed by atoms with Crippen LogP contribution in [0.2, 0.25) is 0 Å². The van der Waals surface area contributed by atoms with Gasteiger partial charge in [0.25, 0.3) is 0 Å². The van der Waals surface area contributed by atoms with Gasteiger partial charge in [-0.15, -0.1) is 0 Å². The SMILES string of the molecule is [2H]c1cc(C#N)cc([2H])c1Nc1nc(N)c(Br)c(Oc2c(C([2H])([2H])[2H])cc(C#N)cc2C([2H])([2H])[2H])n1. The van der Waals surface area contributed by atoms with Crippen LogP contribution in [0.1, 0.15) is 33.2 Å². The molecule has 0 saturated heterocycles. The number of aromatic nitrogens is 2. The van der Waals surface area contributed by atoms with Crippen molar-refractivity contribution in [2.75, 3.05) is 11.1 Å². The average molecular weight is 443 g/mol. The molecule has 28 heavy (non-hydrogen) atoms. The average Bonchev–Trinajstić information content (AvgIpc) is 2.77. The van der Waals surface area contributed by atoms with Crippen molar-refractivity contribution >= 4 is 33.4 Å². The van der Waals surface area contributed by atoms with Gasteiger partial charge in [-0.25, -0.2) is 0 Å². The molecule has 0 aliphatic heterocycles. The van der Waals surface area contributed by atoms with E-state index >= 15 is 0 Å². The number of nitrogens with one attached hydrogen (secondary N) is 1. The second kappa shape index (κ2) is 7.95. The summed E-state index contributed by atoms with van der Waals surface area (Å²) in [6.45, 7) is -5.70. The van der Waals surface area contributed by atoms with E-state index in [4.69, 9.17) is 26.7 Å². The van der Waals surface area contributed by atoms with E-state index in [0.29, 0.717) is 0 Å². The van der Waals surface area contributed by atoms with E-state index in [-0.39, 0.29) is 51.0 Å².